The number of anilines is 1. The van der Waals surface area contributed by atoms with Gasteiger partial charge in [0, 0.05) is 44.6 Å². The molecule has 0 aliphatic carbocycles. The zero-order valence-electron chi connectivity index (χ0n) is 13.4. The fraction of sp³-hybridized carbons (Fsp3) is 0.471. The standard InChI is InChI=1S/C17H21N5O/c1-20-11-14(9-19-20)12-21-7-4-17(13-21)5-8-22(16(17)23)15-3-2-6-18-10-15/h2-3,6,9-11H,4-5,7-8,12-13H2,1H3/t17-/m0/s1. The number of amides is 1. The molecule has 2 aliphatic heterocycles. The van der Waals surface area contributed by atoms with Gasteiger partial charge in [0.15, 0.2) is 0 Å². The van der Waals surface area contributed by atoms with Crippen LogP contribution in [0.15, 0.2) is 36.9 Å². The lowest BCUT2D eigenvalue weighted by atomic mass is 9.85. The van der Waals surface area contributed by atoms with Crippen LogP contribution in [0.4, 0.5) is 5.69 Å². The highest BCUT2D eigenvalue weighted by Gasteiger charge is 2.50. The van der Waals surface area contributed by atoms with Crippen LogP contribution in [0.25, 0.3) is 0 Å². The van der Waals surface area contributed by atoms with Gasteiger partial charge in [0.2, 0.25) is 5.91 Å². The maximum Gasteiger partial charge on any atom is 0.234 e. The molecule has 23 heavy (non-hydrogen) atoms. The number of pyridine rings is 1. The molecule has 2 aliphatic rings. The highest BCUT2D eigenvalue weighted by molar-refractivity contribution is 6.00. The number of nitrogens with zero attached hydrogens (tertiary/aromatic N) is 5. The topological polar surface area (TPSA) is 54.3 Å². The quantitative estimate of drug-likeness (QED) is 0.861. The van der Waals surface area contributed by atoms with Gasteiger partial charge in [0.05, 0.1) is 23.5 Å². The molecule has 6 nitrogen and oxygen atoms in total. The molecule has 0 radical (unpaired) electrons. The number of aryl methyl sites for hydroxylation is 1. The van der Waals surface area contributed by atoms with E-state index in [9.17, 15) is 4.79 Å². The van der Waals surface area contributed by atoms with E-state index in [1.54, 1.807) is 12.4 Å². The molecule has 1 atom stereocenters. The minimum atomic E-state index is -0.210. The zero-order chi connectivity index (χ0) is 15.9. The minimum absolute atomic E-state index is 0.210. The Bertz CT molecular complexity index is 713. The third-order valence-corrected chi connectivity index (χ3v) is 5.07. The molecular weight excluding hydrogens is 290 g/mol. The van der Waals surface area contributed by atoms with Gasteiger partial charge in [-0.1, -0.05) is 0 Å². The SMILES string of the molecule is Cn1cc(CN2CC[C@]3(CCN(c4cccnc4)C3=O)C2)cn1. The second kappa shape index (κ2) is 5.45. The molecular formula is C17H21N5O. The second-order valence-corrected chi connectivity index (χ2v) is 6.68. The summed E-state index contributed by atoms with van der Waals surface area (Å²) in [6.07, 6.45) is 9.35. The van der Waals surface area contributed by atoms with Crippen LogP contribution in [0.3, 0.4) is 0 Å². The Morgan fingerprint density at radius 2 is 2.13 bits per heavy atom. The molecule has 2 fully saturated rings. The lowest BCUT2D eigenvalue weighted by Gasteiger charge is -2.23. The van der Waals surface area contributed by atoms with Crippen LogP contribution in [-0.2, 0) is 18.4 Å². The summed E-state index contributed by atoms with van der Waals surface area (Å²) in [6.45, 7) is 3.49. The average Bonchev–Trinajstić information content (AvgIpc) is 3.24. The van der Waals surface area contributed by atoms with E-state index in [0.717, 1.165) is 44.7 Å². The van der Waals surface area contributed by atoms with E-state index in [0.29, 0.717) is 0 Å². The van der Waals surface area contributed by atoms with E-state index in [-0.39, 0.29) is 11.3 Å². The molecule has 4 rings (SSSR count). The van der Waals surface area contributed by atoms with Crippen molar-refractivity contribution in [2.24, 2.45) is 12.5 Å². The minimum Gasteiger partial charge on any atom is -0.310 e. The molecule has 2 saturated heterocycles. The fourth-order valence-electron chi connectivity index (χ4n) is 3.86. The Balaban J connectivity index is 1.47. The number of hydrogen-bond acceptors (Lipinski definition) is 4. The largest absolute Gasteiger partial charge is 0.310 e. The zero-order valence-corrected chi connectivity index (χ0v) is 13.4. The maximum atomic E-state index is 13.0. The Morgan fingerprint density at radius 1 is 1.26 bits per heavy atom. The fourth-order valence-corrected chi connectivity index (χ4v) is 3.86. The van der Waals surface area contributed by atoms with Crippen LogP contribution >= 0.6 is 0 Å². The number of hydrogen-bond donors (Lipinski definition) is 0. The van der Waals surface area contributed by atoms with Gasteiger partial charge in [-0.25, -0.2) is 0 Å². The van der Waals surface area contributed by atoms with E-state index in [1.165, 1.54) is 5.56 Å². The molecule has 0 saturated carbocycles. The van der Waals surface area contributed by atoms with Crippen LogP contribution in [0.2, 0.25) is 0 Å². The summed E-state index contributed by atoms with van der Waals surface area (Å²) in [5.74, 6) is 0.263. The first-order valence-electron chi connectivity index (χ1n) is 8.08. The van der Waals surface area contributed by atoms with Crippen molar-refractivity contribution >= 4 is 11.6 Å². The van der Waals surface area contributed by atoms with Crippen molar-refractivity contribution in [3.63, 3.8) is 0 Å². The summed E-state index contributed by atoms with van der Waals surface area (Å²) in [7, 11) is 1.93. The van der Waals surface area contributed by atoms with E-state index in [4.69, 9.17) is 0 Å². The molecule has 0 N–H and O–H groups in total. The average molecular weight is 311 g/mol. The summed E-state index contributed by atoms with van der Waals surface area (Å²) in [4.78, 5) is 21.4. The molecule has 1 amide bonds. The second-order valence-electron chi connectivity index (χ2n) is 6.68. The smallest absolute Gasteiger partial charge is 0.234 e. The summed E-state index contributed by atoms with van der Waals surface area (Å²) in [5.41, 5.74) is 1.91. The molecule has 4 heterocycles. The number of rotatable bonds is 3. The van der Waals surface area contributed by atoms with Crippen molar-refractivity contribution < 1.29 is 4.79 Å². The lowest BCUT2D eigenvalue weighted by Crippen LogP contribution is -2.36. The van der Waals surface area contributed by atoms with Gasteiger partial charge in [-0.05, 0) is 31.5 Å². The number of likely N-dealkylation sites (tertiary alicyclic amines) is 1. The molecule has 2 aromatic rings. The van der Waals surface area contributed by atoms with Crippen LogP contribution in [0.5, 0.6) is 0 Å². The highest BCUT2D eigenvalue weighted by atomic mass is 16.2. The molecule has 0 unspecified atom stereocenters. The highest BCUT2D eigenvalue weighted by Crippen LogP contribution is 2.42. The summed E-state index contributed by atoms with van der Waals surface area (Å²) >= 11 is 0. The van der Waals surface area contributed by atoms with Crippen LogP contribution < -0.4 is 4.90 Å². The number of carbonyl (C=O) groups excluding carboxylic acids is 1. The normalized spacial score (nSPS) is 24.9. The summed E-state index contributed by atoms with van der Waals surface area (Å²) in [6, 6.07) is 3.85. The van der Waals surface area contributed by atoms with Crippen LogP contribution in [0.1, 0.15) is 18.4 Å². The predicted octanol–water partition coefficient (Wildman–Crippen LogP) is 1.44. The summed E-state index contributed by atoms with van der Waals surface area (Å²) < 4.78 is 1.83. The maximum absolute atomic E-state index is 13.0. The molecule has 1 spiro atoms. The van der Waals surface area contributed by atoms with Gasteiger partial charge >= 0.3 is 0 Å². The van der Waals surface area contributed by atoms with Crippen LogP contribution in [-0.4, -0.2) is 45.2 Å². The van der Waals surface area contributed by atoms with Gasteiger partial charge in [0.1, 0.15) is 0 Å². The first-order chi connectivity index (χ1) is 11.2. The monoisotopic (exact) mass is 311 g/mol. The van der Waals surface area contributed by atoms with Crippen molar-refractivity contribution in [3.05, 3.63) is 42.5 Å². The van der Waals surface area contributed by atoms with Gasteiger partial charge in [-0.3, -0.25) is 19.4 Å². The lowest BCUT2D eigenvalue weighted by molar-refractivity contribution is -0.125. The summed E-state index contributed by atoms with van der Waals surface area (Å²) in [5, 5.41) is 4.22. The van der Waals surface area contributed by atoms with Gasteiger partial charge in [-0.2, -0.15) is 5.10 Å². The van der Waals surface area contributed by atoms with Crippen molar-refractivity contribution in [1.29, 1.82) is 0 Å². The molecule has 2 aromatic heterocycles. The van der Waals surface area contributed by atoms with Gasteiger partial charge in [-0.15, -0.1) is 0 Å². The van der Waals surface area contributed by atoms with Crippen molar-refractivity contribution in [2.75, 3.05) is 24.5 Å². The van der Waals surface area contributed by atoms with Gasteiger partial charge in [0.25, 0.3) is 0 Å². The first kappa shape index (κ1) is 14.4. The Kier molecular flexibility index (Phi) is 3.41. The molecule has 6 heteroatoms. The molecule has 0 bridgehead atoms. The molecule has 120 valence electrons. The number of aromatic nitrogens is 3. The van der Waals surface area contributed by atoms with Crippen molar-refractivity contribution in [1.82, 2.24) is 19.7 Å². The third kappa shape index (κ3) is 2.53. The Labute approximate surface area is 135 Å². The number of carbonyl (C=O) groups is 1. The van der Waals surface area contributed by atoms with Crippen LogP contribution in [0, 0.1) is 5.41 Å². The van der Waals surface area contributed by atoms with E-state index >= 15 is 0 Å². The van der Waals surface area contributed by atoms with Crippen molar-refractivity contribution in [3.8, 4) is 0 Å². The van der Waals surface area contributed by atoms with Crippen molar-refractivity contribution in [2.45, 2.75) is 19.4 Å². The van der Waals surface area contributed by atoms with E-state index < -0.39 is 0 Å². The Hall–Kier alpha value is -2.21. The third-order valence-electron chi connectivity index (χ3n) is 5.07. The Morgan fingerprint density at radius 3 is 2.87 bits per heavy atom. The first-order valence-corrected chi connectivity index (χ1v) is 8.08. The van der Waals surface area contributed by atoms with E-state index in [2.05, 4.69) is 15.0 Å². The van der Waals surface area contributed by atoms with E-state index in [1.807, 2.05) is 41.2 Å². The van der Waals surface area contributed by atoms with Gasteiger partial charge < -0.3 is 4.90 Å². The predicted molar refractivity (Wildman–Crippen MR) is 86.7 cm³/mol. The molecule has 0 aromatic carbocycles.